The minimum Gasteiger partial charge on any atom is -0.233 e. The quantitative estimate of drug-likeness (QED) is 0.0820. The Bertz CT molecular complexity index is 3780. The number of aryl methyl sites for hydroxylation is 3. The predicted octanol–water partition coefficient (Wildman–Crippen LogP) is 26.8. The SMILES string of the molecule is Cc1ccc(F)cc1C(F)(F)F.Cc1ccc(F)cc1F.Cc1ccc(F)cc1F.[C-]#[N+]c1c(F)c(Cl)c(C)c(Cl)c1F.[C-]#[N+]c1c(F)c(Cl)c(C)c(F)c1Cl.[C-]#[N+]c1c(F)c(F)c(C)c(Cl)c1Cl.[C-]#[N+]c1c(F)c(F)c(C)c(Cl)c1F.[C-]#[N+]c1c(F)c(F)c(C)c(F)c1F. The van der Waals surface area contributed by atoms with Gasteiger partial charge in [-0.05, 0) is 102 Å². The van der Waals surface area contributed by atoms with Crippen molar-refractivity contribution < 1.29 is 92.2 Å². The molecule has 0 radical (unpaired) electrons. The standard InChI is InChI=1S/3C8H3Cl2F2N.C8H3ClF3N.C8H3F4N.C8H6F4.2C7H6F2/c1-3-4(9)7(12)8(13-2)5(10)6(3)11;1-3-4(9)5(10)8(13-2)7(12)6(3)11;3*1-3-4(9)6(11)8(13-2)7(12)5(3)10;1-5-2-3-6(9)4-7(5)8(10,11)12;2*1-5-2-3-6(8)4-7(5)9/h5*1H3;2-4H,1H3;2*2-4H,1H3. The number of hydrogen-bond donors (Lipinski definition) is 0. The molecule has 8 rings (SSSR count). The first-order valence-electron chi connectivity index (χ1n) is 24.5. The summed E-state index contributed by atoms with van der Waals surface area (Å²) in [5.74, 6) is -19.5. The maximum Gasteiger partial charge on any atom is 0.416 e. The summed E-state index contributed by atoms with van der Waals surface area (Å²) in [6, 6.07) is 9.63. The first-order valence-corrected chi connectivity index (χ1v) is 27.1. The van der Waals surface area contributed by atoms with E-state index >= 15 is 0 Å². The maximum atomic E-state index is 13.1. The molecule has 8 aromatic carbocycles. The van der Waals surface area contributed by atoms with Crippen LogP contribution in [0.2, 0.25) is 35.2 Å². The number of halogens is 28. The van der Waals surface area contributed by atoms with Crippen molar-refractivity contribution >= 4 is 110 Å². The number of hydrogen-bond acceptors (Lipinski definition) is 0. The van der Waals surface area contributed by atoms with E-state index in [4.69, 9.17) is 114 Å². The van der Waals surface area contributed by atoms with Gasteiger partial charge in [-0.3, -0.25) is 0 Å². The summed E-state index contributed by atoms with van der Waals surface area (Å²) >= 11 is 38.1. The molecule has 502 valence electrons. The molecule has 5 nitrogen and oxygen atoms in total. The number of alkyl halides is 3. The molecule has 0 unspecified atom stereocenters. The molecule has 0 N–H and O–H groups in total. The molecular formula is C62H33Cl7F21N5. The molecule has 0 aliphatic carbocycles. The Kier molecular flexibility index (Phi) is 33.2. The van der Waals surface area contributed by atoms with Gasteiger partial charge in [0.15, 0.2) is 69.8 Å². The summed E-state index contributed by atoms with van der Waals surface area (Å²) in [5.41, 5.74) is -5.27. The van der Waals surface area contributed by atoms with Gasteiger partial charge in [-0.1, -0.05) is 99.4 Å². The second-order valence-electron chi connectivity index (χ2n) is 18.0. The van der Waals surface area contributed by atoms with Crippen molar-refractivity contribution in [3.8, 4) is 0 Å². The summed E-state index contributed by atoms with van der Waals surface area (Å²) in [7, 11) is 0. The molecule has 8 aromatic rings. The van der Waals surface area contributed by atoms with Crippen molar-refractivity contribution in [1.29, 1.82) is 0 Å². The second kappa shape index (κ2) is 37.2. The molecule has 0 spiro atoms. The van der Waals surface area contributed by atoms with E-state index in [1.807, 2.05) is 0 Å². The molecule has 0 aliphatic rings. The summed E-state index contributed by atoms with van der Waals surface area (Å²) in [5, 5.41) is -2.44. The van der Waals surface area contributed by atoms with Crippen LogP contribution in [0.4, 0.5) is 121 Å². The smallest absolute Gasteiger partial charge is 0.233 e. The minimum atomic E-state index is -4.47. The largest absolute Gasteiger partial charge is 0.416 e. The Labute approximate surface area is 562 Å². The van der Waals surface area contributed by atoms with Crippen LogP contribution in [0.3, 0.4) is 0 Å². The second-order valence-corrected chi connectivity index (χ2v) is 20.6. The van der Waals surface area contributed by atoms with Crippen LogP contribution in [-0.4, -0.2) is 0 Å². The van der Waals surface area contributed by atoms with Crippen molar-refractivity contribution in [3.63, 3.8) is 0 Å². The third kappa shape index (κ3) is 21.6. The van der Waals surface area contributed by atoms with Gasteiger partial charge in [0.1, 0.15) is 34.9 Å². The fourth-order valence-electron chi connectivity index (χ4n) is 6.17. The average molecular weight is 1500 g/mol. The van der Waals surface area contributed by atoms with Crippen molar-refractivity contribution in [2.75, 3.05) is 0 Å². The molecule has 0 aromatic heterocycles. The average Bonchev–Trinajstić information content (AvgIpc) is 0.838. The highest BCUT2D eigenvalue weighted by Crippen LogP contribution is 2.41. The lowest BCUT2D eigenvalue weighted by Gasteiger charge is -2.09. The van der Waals surface area contributed by atoms with Gasteiger partial charge in [0.25, 0.3) is 17.1 Å². The van der Waals surface area contributed by atoms with Crippen LogP contribution in [0, 0.1) is 193 Å². The first kappa shape index (κ1) is 84.8. The van der Waals surface area contributed by atoms with E-state index in [1.54, 1.807) is 13.8 Å². The van der Waals surface area contributed by atoms with Gasteiger partial charge in [-0.25, -0.2) is 103 Å². The highest BCUT2D eigenvalue weighted by molar-refractivity contribution is 6.44. The Morgan fingerprint density at radius 1 is 0.263 bits per heavy atom. The fraction of sp³-hybridized carbons (Fsp3) is 0.145. The van der Waals surface area contributed by atoms with E-state index in [0.29, 0.717) is 17.2 Å². The first-order chi connectivity index (χ1) is 43.8. The Hall–Kier alpha value is -8.23. The molecule has 0 saturated heterocycles. The Morgan fingerprint density at radius 2 is 0.516 bits per heavy atom. The lowest BCUT2D eigenvalue weighted by atomic mass is 10.1. The van der Waals surface area contributed by atoms with Gasteiger partial charge in [0, 0.05) is 34.4 Å². The minimum absolute atomic E-state index is 0.0314. The van der Waals surface area contributed by atoms with E-state index in [2.05, 4.69) is 24.2 Å². The molecule has 0 bridgehead atoms. The summed E-state index contributed by atoms with van der Waals surface area (Å²) in [4.78, 5) is 13.0. The summed E-state index contributed by atoms with van der Waals surface area (Å²) < 4.78 is 265. The fourth-order valence-corrected chi connectivity index (χ4v) is 7.64. The normalized spacial score (nSPS) is 10.1. The van der Waals surface area contributed by atoms with Gasteiger partial charge in [-0.2, -0.15) is 13.2 Å². The molecule has 0 aliphatic heterocycles. The molecule has 0 saturated carbocycles. The third-order valence-electron chi connectivity index (χ3n) is 11.6. The van der Waals surface area contributed by atoms with Crippen LogP contribution in [-0.2, 0) is 6.18 Å². The zero-order valence-electron chi connectivity index (χ0n) is 48.5. The maximum absolute atomic E-state index is 13.1. The van der Waals surface area contributed by atoms with Gasteiger partial charge in [0.2, 0.25) is 11.4 Å². The Balaban J connectivity index is 0.000000545. The van der Waals surface area contributed by atoms with Gasteiger partial charge in [-0.15, -0.1) is 0 Å². The monoisotopic (exact) mass is 1490 g/mol. The van der Waals surface area contributed by atoms with E-state index in [9.17, 15) is 92.2 Å². The van der Waals surface area contributed by atoms with Crippen molar-refractivity contribution in [2.45, 2.75) is 61.6 Å². The highest BCUT2D eigenvalue weighted by atomic mass is 35.5. The molecule has 0 heterocycles. The van der Waals surface area contributed by atoms with Crippen LogP contribution in [0.1, 0.15) is 50.1 Å². The molecule has 0 amide bonds. The van der Waals surface area contributed by atoms with Crippen molar-refractivity contribution in [3.05, 3.63) is 302 Å². The van der Waals surface area contributed by atoms with Crippen molar-refractivity contribution in [1.82, 2.24) is 0 Å². The number of rotatable bonds is 0. The zero-order chi connectivity index (χ0) is 73.9. The van der Waals surface area contributed by atoms with Crippen LogP contribution in [0.5, 0.6) is 0 Å². The molecule has 0 atom stereocenters. The molecule has 95 heavy (non-hydrogen) atoms. The zero-order valence-corrected chi connectivity index (χ0v) is 53.8. The molecule has 0 fully saturated rings. The van der Waals surface area contributed by atoms with Crippen LogP contribution in [0.25, 0.3) is 24.2 Å². The summed E-state index contributed by atoms with van der Waals surface area (Å²) in [6.45, 7) is 42.8. The van der Waals surface area contributed by atoms with Gasteiger partial charge < -0.3 is 0 Å². The number of nitrogens with zero attached hydrogens (tertiary/aromatic N) is 5. The van der Waals surface area contributed by atoms with E-state index in [-0.39, 0.29) is 47.9 Å². The van der Waals surface area contributed by atoms with E-state index < -0.39 is 166 Å². The van der Waals surface area contributed by atoms with E-state index in [0.717, 1.165) is 38.1 Å². The topological polar surface area (TPSA) is 21.8 Å². The van der Waals surface area contributed by atoms with E-state index in [1.165, 1.54) is 52.0 Å². The van der Waals surface area contributed by atoms with Crippen LogP contribution in [0.15, 0.2) is 54.6 Å². The lowest BCUT2D eigenvalue weighted by molar-refractivity contribution is -0.138. The van der Waals surface area contributed by atoms with Gasteiger partial charge >= 0.3 is 6.18 Å². The van der Waals surface area contributed by atoms with Crippen LogP contribution < -0.4 is 0 Å². The van der Waals surface area contributed by atoms with Crippen molar-refractivity contribution in [2.24, 2.45) is 0 Å². The predicted molar refractivity (Wildman–Crippen MR) is 320 cm³/mol. The highest BCUT2D eigenvalue weighted by Gasteiger charge is 2.33. The lowest BCUT2D eigenvalue weighted by Crippen LogP contribution is -2.07. The van der Waals surface area contributed by atoms with Gasteiger partial charge in [0.05, 0.1) is 73.6 Å². The molecule has 33 heteroatoms. The van der Waals surface area contributed by atoms with Crippen LogP contribution >= 0.6 is 81.2 Å². The summed E-state index contributed by atoms with van der Waals surface area (Å²) in [6.07, 6.45) is -4.47. The number of benzene rings is 8. The Morgan fingerprint density at radius 3 is 0.832 bits per heavy atom. The molecular weight excluding hydrogens is 1460 g/mol. The third-order valence-corrected chi connectivity index (χ3v) is 14.7.